The molecule has 132 valence electrons. The van der Waals surface area contributed by atoms with Gasteiger partial charge in [-0.25, -0.2) is 0 Å². The van der Waals surface area contributed by atoms with Crippen LogP contribution in [0.3, 0.4) is 0 Å². The Morgan fingerprint density at radius 1 is 1.23 bits per heavy atom. The van der Waals surface area contributed by atoms with E-state index in [1.54, 1.807) is 0 Å². The van der Waals surface area contributed by atoms with Gasteiger partial charge in [0.05, 0.1) is 17.0 Å². The number of para-hydroxylation sites is 2. The molecule has 0 radical (unpaired) electrons. The third-order valence-electron chi connectivity index (χ3n) is 4.33. The summed E-state index contributed by atoms with van der Waals surface area (Å²) in [6.07, 6.45) is 0.120. The highest BCUT2D eigenvalue weighted by Crippen LogP contribution is 2.36. The lowest BCUT2D eigenvalue weighted by atomic mass is 10.2. The first-order valence-electron chi connectivity index (χ1n) is 8.44. The minimum absolute atomic E-state index is 0.120. The van der Waals surface area contributed by atoms with Crippen molar-refractivity contribution in [3.05, 3.63) is 60.4 Å². The summed E-state index contributed by atoms with van der Waals surface area (Å²) in [5.41, 5.74) is 1.59. The molecule has 2 aromatic carbocycles. The van der Waals surface area contributed by atoms with Crippen LogP contribution in [0.1, 0.15) is 25.1 Å². The molecular formula is C20H18N2O3S. The molecule has 0 fully saturated rings. The summed E-state index contributed by atoms with van der Waals surface area (Å²) < 4.78 is 5.79. The molecule has 0 unspecified atom stereocenters. The lowest BCUT2D eigenvalue weighted by Gasteiger charge is -2.24. The maximum absolute atomic E-state index is 12.4. The van der Waals surface area contributed by atoms with Crippen LogP contribution in [0.5, 0.6) is 0 Å². The van der Waals surface area contributed by atoms with E-state index in [0.717, 1.165) is 21.6 Å². The number of carbonyl (C=O) groups excluding carboxylic acids is 2. The molecule has 0 saturated heterocycles. The maximum atomic E-state index is 12.4. The van der Waals surface area contributed by atoms with Gasteiger partial charge in [-0.05, 0) is 31.2 Å². The third-order valence-corrected chi connectivity index (χ3v) is 5.60. The Balaban J connectivity index is 1.41. The van der Waals surface area contributed by atoms with E-state index in [2.05, 4.69) is 10.6 Å². The highest BCUT2D eigenvalue weighted by molar-refractivity contribution is 8.01. The predicted octanol–water partition coefficient (Wildman–Crippen LogP) is 4.11. The maximum Gasteiger partial charge on any atom is 0.238 e. The lowest BCUT2D eigenvalue weighted by Crippen LogP contribution is -2.35. The number of fused-ring (bicyclic) bond motifs is 2. The number of furan rings is 1. The summed E-state index contributed by atoms with van der Waals surface area (Å²) in [6.45, 7) is 1.87. The average molecular weight is 366 g/mol. The molecule has 4 rings (SSSR count). The number of rotatable bonds is 4. The Morgan fingerprint density at radius 2 is 2.00 bits per heavy atom. The first-order valence-corrected chi connectivity index (χ1v) is 9.32. The standard InChI is InChI=1S/C20H18N2O3S/c1-12(16-10-13-6-2-4-8-15(13)25-16)21-19(23)11-18-20(24)22-14-7-3-5-9-17(14)26-18/h2-10,12,18H,11H2,1H3,(H,21,23)(H,22,24)/t12-,18-/m1/s1. The van der Waals surface area contributed by atoms with Gasteiger partial charge in [-0.2, -0.15) is 0 Å². The minimum atomic E-state index is -0.437. The van der Waals surface area contributed by atoms with Crippen LogP contribution in [0, 0.1) is 0 Å². The quantitative estimate of drug-likeness (QED) is 0.729. The van der Waals surface area contributed by atoms with Crippen LogP contribution in [0.4, 0.5) is 5.69 Å². The second-order valence-corrected chi connectivity index (χ2v) is 7.52. The van der Waals surface area contributed by atoms with Crippen molar-refractivity contribution in [1.29, 1.82) is 0 Å². The molecule has 6 heteroatoms. The van der Waals surface area contributed by atoms with Crippen molar-refractivity contribution in [2.45, 2.75) is 29.5 Å². The third kappa shape index (κ3) is 3.32. The second-order valence-electron chi connectivity index (χ2n) is 6.27. The first-order chi connectivity index (χ1) is 12.6. The van der Waals surface area contributed by atoms with Gasteiger partial charge in [0.1, 0.15) is 11.3 Å². The van der Waals surface area contributed by atoms with Gasteiger partial charge in [-0.15, -0.1) is 11.8 Å². The summed E-state index contributed by atoms with van der Waals surface area (Å²) in [5.74, 6) is 0.385. The molecule has 0 bridgehead atoms. The van der Waals surface area contributed by atoms with E-state index in [-0.39, 0.29) is 24.3 Å². The van der Waals surface area contributed by atoms with Gasteiger partial charge < -0.3 is 15.1 Å². The smallest absolute Gasteiger partial charge is 0.238 e. The van der Waals surface area contributed by atoms with Gasteiger partial charge >= 0.3 is 0 Å². The fourth-order valence-electron chi connectivity index (χ4n) is 2.98. The number of amides is 2. The Bertz CT molecular complexity index is 949. The van der Waals surface area contributed by atoms with Crippen LogP contribution in [0.2, 0.25) is 0 Å². The van der Waals surface area contributed by atoms with Gasteiger partial charge in [-0.1, -0.05) is 30.3 Å². The zero-order chi connectivity index (χ0) is 18.1. The molecule has 2 heterocycles. The molecule has 0 spiro atoms. The summed E-state index contributed by atoms with van der Waals surface area (Å²) >= 11 is 1.42. The second kappa shape index (κ2) is 6.88. The van der Waals surface area contributed by atoms with Crippen LogP contribution < -0.4 is 10.6 Å². The van der Waals surface area contributed by atoms with Crippen LogP contribution in [-0.4, -0.2) is 17.1 Å². The molecule has 3 aromatic rings. The van der Waals surface area contributed by atoms with E-state index < -0.39 is 5.25 Å². The van der Waals surface area contributed by atoms with Crippen molar-refractivity contribution in [2.75, 3.05) is 5.32 Å². The van der Waals surface area contributed by atoms with Crippen LogP contribution in [-0.2, 0) is 9.59 Å². The topological polar surface area (TPSA) is 71.3 Å². The van der Waals surface area contributed by atoms with E-state index in [9.17, 15) is 9.59 Å². The number of carbonyl (C=O) groups is 2. The molecule has 1 aliphatic heterocycles. The summed E-state index contributed by atoms with van der Waals surface area (Å²) in [5, 5.41) is 6.35. The highest BCUT2D eigenvalue weighted by atomic mass is 32.2. The molecule has 2 atom stereocenters. The summed E-state index contributed by atoms with van der Waals surface area (Å²) in [4.78, 5) is 25.6. The Kier molecular flexibility index (Phi) is 4.42. The largest absolute Gasteiger partial charge is 0.459 e. The number of benzene rings is 2. The van der Waals surface area contributed by atoms with Crippen molar-refractivity contribution < 1.29 is 14.0 Å². The van der Waals surface area contributed by atoms with Gasteiger partial charge in [0.15, 0.2) is 0 Å². The van der Waals surface area contributed by atoms with E-state index in [1.165, 1.54) is 11.8 Å². The van der Waals surface area contributed by atoms with Crippen molar-refractivity contribution in [3.63, 3.8) is 0 Å². The van der Waals surface area contributed by atoms with Crippen molar-refractivity contribution in [3.8, 4) is 0 Å². The molecule has 5 nitrogen and oxygen atoms in total. The molecule has 1 aromatic heterocycles. The fraction of sp³-hybridized carbons (Fsp3) is 0.200. The molecule has 0 aliphatic carbocycles. The highest BCUT2D eigenvalue weighted by Gasteiger charge is 2.29. The Hall–Kier alpha value is -2.73. The summed E-state index contributed by atoms with van der Waals surface area (Å²) in [6, 6.07) is 17.0. The van der Waals surface area contributed by atoms with Gasteiger partial charge in [0.2, 0.25) is 11.8 Å². The Morgan fingerprint density at radius 3 is 2.85 bits per heavy atom. The number of anilines is 1. The van der Waals surface area contributed by atoms with E-state index >= 15 is 0 Å². The minimum Gasteiger partial charge on any atom is -0.459 e. The van der Waals surface area contributed by atoms with Crippen LogP contribution in [0.15, 0.2) is 63.9 Å². The summed E-state index contributed by atoms with van der Waals surface area (Å²) in [7, 11) is 0. The van der Waals surface area contributed by atoms with E-state index in [1.807, 2.05) is 61.5 Å². The van der Waals surface area contributed by atoms with Crippen molar-refractivity contribution >= 4 is 40.2 Å². The van der Waals surface area contributed by atoms with E-state index in [0.29, 0.717) is 5.76 Å². The fourth-order valence-corrected chi connectivity index (χ4v) is 4.09. The normalized spacial score (nSPS) is 17.4. The molecular weight excluding hydrogens is 348 g/mol. The SMILES string of the molecule is C[C@@H](NC(=O)C[C@H]1Sc2ccccc2NC1=O)c1cc2ccccc2o1. The number of nitrogens with one attached hydrogen (secondary N) is 2. The average Bonchev–Trinajstić information content (AvgIpc) is 3.06. The zero-order valence-electron chi connectivity index (χ0n) is 14.2. The zero-order valence-corrected chi connectivity index (χ0v) is 15.0. The predicted molar refractivity (Wildman–Crippen MR) is 102 cm³/mol. The molecule has 26 heavy (non-hydrogen) atoms. The molecule has 2 N–H and O–H groups in total. The number of thioether (sulfide) groups is 1. The van der Waals surface area contributed by atoms with Crippen LogP contribution >= 0.6 is 11.8 Å². The Labute approximate surface area is 155 Å². The first kappa shape index (κ1) is 16.7. The lowest BCUT2D eigenvalue weighted by molar-refractivity contribution is -0.124. The number of hydrogen-bond acceptors (Lipinski definition) is 4. The number of hydrogen-bond donors (Lipinski definition) is 2. The molecule has 2 amide bonds. The molecule has 0 saturated carbocycles. The monoisotopic (exact) mass is 366 g/mol. The van der Waals surface area contributed by atoms with Crippen molar-refractivity contribution in [2.24, 2.45) is 0 Å². The van der Waals surface area contributed by atoms with E-state index in [4.69, 9.17) is 4.42 Å². The van der Waals surface area contributed by atoms with Gasteiger partial charge in [-0.3, -0.25) is 9.59 Å². The van der Waals surface area contributed by atoms with Crippen LogP contribution in [0.25, 0.3) is 11.0 Å². The molecule has 1 aliphatic rings. The van der Waals surface area contributed by atoms with Crippen molar-refractivity contribution in [1.82, 2.24) is 5.32 Å². The van der Waals surface area contributed by atoms with Gasteiger partial charge in [0, 0.05) is 16.7 Å². The van der Waals surface area contributed by atoms with Gasteiger partial charge in [0.25, 0.3) is 0 Å².